The second-order valence-corrected chi connectivity index (χ2v) is 9.08. The molecule has 0 saturated carbocycles. The average molecular weight is 472 g/mol. The van der Waals surface area contributed by atoms with Gasteiger partial charge in [-0.1, -0.05) is 31.2 Å². The van der Waals surface area contributed by atoms with E-state index in [4.69, 9.17) is 8.92 Å². The number of carbonyl (C=O) groups excluding carboxylic acids is 1. The molecule has 0 saturated heterocycles. The summed E-state index contributed by atoms with van der Waals surface area (Å²) in [4.78, 5) is 14.6. The highest BCUT2D eigenvalue weighted by Gasteiger charge is 2.24. The predicted octanol–water partition coefficient (Wildman–Crippen LogP) is 5.04. The van der Waals surface area contributed by atoms with Gasteiger partial charge < -0.3 is 13.8 Å². The zero-order valence-corrected chi connectivity index (χ0v) is 19.5. The van der Waals surface area contributed by atoms with Gasteiger partial charge in [0, 0.05) is 12.6 Å². The maximum Gasteiger partial charge on any atom is 0.339 e. The number of methoxy groups -OCH3 is 1. The third-order valence-electron chi connectivity index (χ3n) is 5.29. The summed E-state index contributed by atoms with van der Waals surface area (Å²) in [5.41, 5.74) is 0.648. The first-order chi connectivity index (χ1) is 15.7. The van der Waals surface area contributed by atoms with Gasteiger partial charge in [-0.15, -0.1) is 0 Å². The number of hydrogen-bond donors (Lipinski definition) is 0. The largest absolute Gasteiger partial charge is 0.497 e. The fourth-order valence-corrected chi connectivity index (χ4v) is 4.17. The van der Waals surface area contributed by atoms with Crippen molar-refractivity contribution in [3.8, 4) is 11.5 Å². The van der Waals surface area contributed by atoms with Gasteiger partial charge in [0.1, 0.15) is 22.2 Å². The van der Waals surface area contributed by atoms with Crippen LogP contribution in [0.3, 0.4) is 0 Å². The minimum atomic E-state index is -4.06. The van der Waals surface area contributed by atoms with E-state index in [0.29, 0.717) is 17.7 Å². The van der Waals surface area contributed by atoms with Crippen LogP contribution in [-0.4, -0.2) is 32.4 Å². The summed E-state index contributed by atoms with van der Waals surface area (Å²) in [6.45, 7) is 3.99. The quantitative estimate of drug-likeness (QED) is 0.409. The van der Waals surface area contributed by atoms with Crippen molar-refractivity contribution in [1.82, 2.24) is 4.90 Å². The Bertz CT molecular complexity index is 1210. The third kappa shape index (κ3) is 5.90. The van der Waals surface area contributed by atoms with Gasteiger partial charge in [-0.2, -0.15) is 8.42 Å². The molecule has 0 spiro atoms. The predicted molar refractivity (Wildman–Crippen MR) is 123 cm³/mol. The molecule has 3 aromatic rings. The van der Waals surface area contributed by atoms with E-state index in [9.17, 15) is 17.6 Å². The molecule has 0 fully saturated rings. The van der Waals surface area contributed by atoms with Gasteiger partial charge in [-0.25, -0.2) is 4.39 Å². The zero-order chi connectivity index (χ0) is 24.0. The van der Waals surface area contributed by atoms with Crippen molar-refractivity contribution in [3.63, 3.8) is 0 Å². The van der Waals surface area contributed by atoms with Gasteiger partial charge in [0.05, 0.1) is 12.7 Å². The summed E-state index contributed by atoms with van der Waals surface area (Å²) in [5.74, 6) is -0.371. The van der Waals surface area contributed by atoms with Crippen molar-refractivity contribution in [1.29, 1.82) is 0 Å². The minimum absolute atomic E-state index is 0.00714. The van der Waals surface area contributed by atoms with Crippen molar-refractivity contribution in [2.75, 3.05) is 7.11 Å². The molecule has 174 valence electrons. The van der Waals surface area contributed by atoms with Gasteiger partial charge in [-0.05, 0) is 67.4 Å². The van der Waals surface area contributed by atoms with E-state index in [1.54, 1.807) is 29.2 Å². The van der Waals surface area contributed by atoms with Crippen LogP contribution in [0.1, 0.15) is 36.2 Å². The lowest BCUT2D eigenvalue weighted by Crippen LogP contribution is -2.38. The highest BCUT2D eigenvalue weighted by atomic mass is 32.2. The number of rotatable bonds is 9. The Hall–Kier alpha value is -3.39. The normalized spacial score (nSPS) is 12.1. The van der Waals surface area contributed by atoms with E-state index in [1.165, 1.54) is 55.6 Å². The maximum atomic E-state index is 14.2. The lowest BCUT2D eigenvalue weighted by molar-refractivity contribution is 0.0666. The number of benzene rings is 3. The molecule has 0 unspecified atom stereocenters. The lowest BCUT2D eigenvalue weighted by Gasteiger charge is -2.29. The number of amides is 1. The van der Waals surface area contributed by atoms with Crippen LogP contribution in [-0.2, 0) is 16.7 Å². The second-order valence-electron chi connectivity index (χ2n) is 7.53. The molecular weight excluding hydrogens is 445 g/mol. The Kier molecular flexibility index (Phi) is 7.71. The topological polar surface area (TPSA) is 72.9 Å². The van der Waals surface area contributed by atoms with Gasteiger partial charge in [-0.3, -0.25) is 4.79 Å². The Morgan fingerprint density at radius 3 is 2.33 bits per heavy atom. The monoisotopic (exact) mass is 471 g/mol. The molecule has 0 radical (unpaired) electrons. The highest BCUT2D eigenvalue weighted by molar-refractivity contribution is 7.87. The zero-order valence-electron chi connectivity index (χ0n) is 18.7. The van der Waals surface area contributed by atoms with E-state index in [0.717, 1.165) is 0 Å². The van der Waals surface area contributed by atoms with E-state index >= 15 is 0 Å². The Balaban J connectivity index is 1.83. The summed E-state index contributed by atoms with van der Waals surface area (Å²) < 4.78 is 49.9. The van der Waals surface area contributed by atoms with Crippen LogP contribution >= 0.6 is 0 Å². The van der Waals surface area contributed by atoms with E-state index < -0.39 is 21.8 Å². The van der Waals surface area contributed by atoms with Gasteiger partial charge in [0.15, 0.2) is 0 Å². The molecule has 0 N–H and O–H groups in total. The molecule has 0 aliphatic carbocycles. The molecule has 33 heavy (non-hydrogen) atoms. The molecule has 8 heteroatoms. The SMILES string of the molecule is CC[C@@H](C)N(Cc1cccc(OS(=O)(=O)c2ccc(OC)cc2)c1)C(=O)c1ccccc1F. The van der Waals surface area contributed by atoms with Crippen LogP contribution in [0, 0.1) is 5.82 Å². The average Bonchev–Trinajstić information content (AvgIpc) is 2.82. The standard InChI is InChI=1S/C25H26FNO5S/c1-4-18(2)27(25(28)23-10-5-6-11-24(23)26)17-19-8-7-9-21(16-19)32-33(29,30)22-14-12-20(31-3)13-15-22/h5-16,18H,4,17H2,1-3H3/t18-/m1/s1. The Labute approximate surface area is 193 Å². The van der Waals surface area contributed by atoms with Crippen LogP contribution in [0.4, 0.5) is 4.39 Å². The lowest BCUT2D eigenvalue weighted by atomic mass is 10.1. The fourth-order valence-electron chi connectivity index (χ4n) is 3.25. The summed E-state index contributed by atoms with van der Waals surface area (Å²) in [6.07, 6.45) is 0.669. The van der Waals surface area contributed by atoms with Crippen molar-refractivity contribution >= 4 is 16.0 Å². The van der Waals surface area contributed by atoms with Crippen molar-refractivity contribution in [3.05, 3.63) is 89.7 Å². The number of halogens is 1. The van der Waals surface area contributed by atoms with Gasteiger partial charge in [0.25, 0.3) is 5.91 Å². The first-order valence-electron chi connectivity index (χ1n) is 10.5. The smallest absolute Gasteiger partial charge is 0.339 e. The molecular formula is C25H26FNO5S. The van der Waals surface area contributed by atoms with Gasteiger partial charge in [0.2, 0.25) is 0 Å². The van der Waals surface area contributed by atoms with Crippen LogP contribution in [0.2, 0.25) is 0 Å². The number of carbonyl (C=O) groups is 1. The molecule has 0 aromatic heterocycles. The molecule has 1 amide bonds. The van der Waals surface area contributed by atoms with Crippen molar-refractivity contribution in [2.24, 2.45) is 0 Å². The number of nitrogens with zero attached hydrogens (tertiary/aromatic N) is 1. The maximum absolute atomic E-state index is 14.2. The van der Waals surface area contributed by atoms with Crippen LogP contribution in [0.25, 0.3) is 0 Å². The number of ether oxygens (including phenoxy) is 1. The second kappa shape index (κ2) is 10.5. The molecule has 0 bridgehead atoms. The van der Waals surface area contributed by atoms with Crippen molar-refractivity contribution in [2.45, 2.75) is 37.8 Å². The van der Waals surface area contributed by atoms with E-state index in [1.807, 2.05) is 13.8 Å². The summed E-state index contributed by atoms with van der Waals surface area (Å²) in [7, 11) is -2.56. The first-order valence-corrected chi connectivity index (χ1v) is 11.9. The molecule has 0 heterocycles. The molecule has 1 atom stereocenters. The number of hydrogen-bond acceptors (Lipinski definition) is 5. The molecule has 6 nitrogen and oxygen atoms in total. The Morgan fingerprint density at radius 2 is 1.70 bits per heavy atom. The van der Waals surface area contributed by atoms with Crippen LogP contribution in [0.15, 0.2) is 77.7 Å². The van der Waals surface area contributed by atoms with Crippen LogP contribution in [0.5, 0.6) is 11.5 Å². The van der Waals surface area contributed by atoms with E-state index in [-0.39, 0.29) is 28.8 Å². The molecule has 3 rings (SSSR count). The highest BCUT2D eigenvalue weighted by Crippen LogP contribution is 2.24. The van der Waals surface area contributed by atoms with Crippen molar-refractivity contribution < 1.29 is 26.5 Å². The minimum Gasteiger partial charge on any atom is -0.497 e. The Morgan fingerprint density at radius 1 is 1.00 bits per heavy atom. The summed E-state index contributed by atoms with van der Waals surface area (Å²) >= 11 is 0. The molecule has 0 aliphatic rings. The van der Waals surface area contributed by atoms with E-state index in [2.05, 4.69) is 0 Å². The van der Waals surface area contributed by atoms with Crippen LogP contribution < -0.4 is 8.92 Å². The molecule has 0 aliphatic heterocycles. The summed E-state index contributed by atoms with van der Waals surface area (Å²) in [6, 6.07) is 18.0. The third-order valence-corrected chi connectivity index (χ3v) is 6.55. The first kappa shape index (κ1) is 24.3. The molecule has 3 aromatic carbocycles. The van der Waals surface area contributed by atoms with Gasteiger partial charge >= 0.3 is 10.1 Å². The fraction of sp³-hybridized carbons (Fsp3) is 0.240. The summed E-state index contributed by atoms with van der Waals surface area (Å²) in [5, 5.41) is 0.